The molecule has 0 saturated carbocycles. The number of rotatable bonds is 5. The maximum atomic E-state index is 11.2. The minimum atomic E-state index is -0.370. The van der Waals surface area contributed by atoms with Crippen molar-refractivity contribution in [1.29, 1.82) is 0 Å². The van der Waals surface area contributed by atoms with Gasteiger partial charge in [-0.15, -0.1) is 0 Å². The molecule has 1 aromatic carbocycles. The van der Waals surface area contributed by atoms with Crippen LogP contribution in [0.15, 0.2) is 24.3 Å². The van der Waals surface area contributed by atoms with Gasteiger partial charge in [-0.25, -0.2) is 4.79 Å². The SMILES string of the molecule is COc1ccc(OCC(=O)OC(C)C)cc1. The molecule has 0 heterocycles. The van der Waals surface area contributed by atoms with Gasteiger partial charge in [-0.1, -0.05) is 0 Å². The number of methoxy groups -OCH3 is 1. The van der Waals surface area contributed by atoms with Crippen LogP contribution < -0.4 is 9.47 Å². The Bertz CT molecular complexity index is 329. The summed E-state index contributed by atoms with van der Waals surface area (Å²) in [4.78, 5) is 11.2. The summed E-state index contributed by atoms with van der Waals surface area (Å²) >= 11 is 0. The topological polar surface area (TPSA) is 44.8 Å². The van der Waals surface area contributed by atoms with Gasteiger partial charge in [-0.05, 0) is 38.1 Å². The third-order valence-electron chi connectivity index (χ3n) is 1.78. The van der Waals surface area contributed by atoms with Crippen LogP contribution in [0.25, 0.3) is 0 Å². The molecule has 0 unspecified atom stereocenters. The monoisotopic (exact) mass is 224 g/mol. The fraction of sp³-hybridized carbons (Fsp3) is 0.417. The first-order chi connectivity index (χ1) is 7.61. The van der Waals surface area contributed by atoms with Crippen molar-refractivity contribution in [1.82, 2.24) is 0 Å². The van der Waals surface area contributed by atoms with E-state index in [1.807, 2.05) is 0 Å². The van der Waals surface area contributed by atoms with E-state index >= 15 is 0 Å². The highest BCUT2D eigenvalue weighted by Gasteiger charge is 2.06. The molecule has 1 aromatic rings. The molecule has 0 aromatic heterocycles. The van der Waals surface area contributed by atoms with Crippen LogP contribution in [0, 0.1) is 0 Å². The summed E-state index contributed by atoms with van der Waals surface area (Å²) in [5.41, 5.74) is 0. The fourth-order valence-electron chi connectivity index (χ4n) is 1.11. The predicted molar refractivity (Wildman–Crippen MR) is 59.7 cm³/mol. The highest BCUT2D eigenvalue weighted by atomic mass is 16.6. The third kappa shape index (κ3) is 4.21. The Morgan fingerprint density at radius 1 is 1.19 bits per heavy atom. The summed E-state index contributed by atoms with van der Waals surface area (Å²) in [5, 5.41) is 0. The second-order valence-corrected chi connectivity index (χ2v) is 3.50. The van der Waals surface area contributed by atoms with Gasteiger partial charge in [0.05, 0.1) is 13.2 Å². The molecule has 0 N–H and O–H groups in total. The highest BCUT2D eigenvalue weighted by molar-refractivity contribution is 5.71. The van der Waals surface area contributed by atoms with Gasteiger partial charge in [0.25, 0.3) is 0 Å². The summed E-state index contributed by atoms with van der Waals surface area (Å²) in [7, 11) is 1.59. The Balaban J connectivity index is 2.39. The average Bonchev–Trinajstić information content (AvgIpc) is 2.26. The Kier molecular flexibility index (Phi) is 4.64. The largest absolute Gasteiger partial charge is 0.497 e. The van der Waals surface area contributed by atoms with Crippen LogP contribution in [0.1, 0.15) is 13.8 Å². The summed E-state index contributed by atoms with van der Waals surface area (Å²) in [6.45, 7) is 3.51. The lowest BCUT2D eigenvalue weighted by Gasteiger charge is -2.09. The zero-order chi connectivity index (χ0) is 12.0. The van der Waals surface area contributed by atoms with Crippen molar-refractivity contribution in [2.24, 2.45) is 0 Å². The van der Waals surface area contributed by atoms with Crippen molar-refractivity contribution in [2.45, 2.75) is 20.0 Å². The van der Waals surface area contributed by atoms with Crippen molar-refractivity contribution in [3.05, 3.63) is 24.3 Å². The molecule has 0 atom stereocenters. The summed E-state index contributed by atoms with van der Waals surface area (Å²) in [6.07, 6.45) is -0.119. The zero-order valence-electron chi connectivity index (χ0n) is 9.73. The van der Waals surface area contributed by atoms with E-state index in [9.17, 15) is 4.79 Å². The van der Waals surface area contributed by atoms with E-state index < -0.39 is 0 Å². The Morgan fingerprint density at radius 2 is 1.75 bits per heavy atom. The molecule has 0 fully saturated rings. The first-order valence-electron chi connectivity index (χ1n) is 5.08. The fourth-order valence-corrected chi connectivity index (χ4v) is 1.11. The minimum Gasteiger partial charge on any atom is -0.497 e. The number of hydrogen-bond donors (Lipinski definition) is 0. The molecule has 0 aliphatic carbocycles. The van der Waals surface area contributed by atoms with Crippen LogP contribution in [-0.4, -0.2) is 25.8 Å². The van der Waals surface area contributed by atoms with Crippen LogP contribution >= 0.6 is 0 Å². The lowest BCUT2D eigenvalue weighted by Crippen LogP contribution is -2.18. The first kappa shape index (κ1) is 12.4. The molecule has 0 saturated heterocycles. The maximum absolute atomic E-state index is 11.2. The average molecular weight is 224 g/mol. The number of carbonyl (C=O) groups excluding carboxylic acids is 1. The van der Waals surface area contributed by atoms with Crippen LogP contribution in [0.3, 0.4) is 0 Å². The van der Waals surface area contributed by atoms with Gasteiger partial charge in [-0.2, -0.15) is 0 Å². The molecule has 4 nitrogen and oxygen atoms in total. The van der Waals surface area contributed by atoms with E-state index in [-0.39, 0.29) is 18.7 Å². The second-order valence-electron chi connectivity index (χ2n) is 3.50. The molecule has 88 valence electrons. The van der Waals surface area contributed by atoms with Gasteiger partial charge >= 0.3 is 5.97 Å². The Labute approximate surface area is 95.1 Å². The summed E-state index contributed by atoms with van der Waals surface area (Å²) < 4.78 is 15.2. The minimum absolute atomic E-state index is 0.0789. The molecule has 0 spiro atoms. The van der Waals surface area contributed by atoms with Gasteiger partial charge in [0.1, 0.15) is 11.5 Å². The molecule has 16 heavy (non-hydrogen) atoms. The van der Waals surface area contributed by atoms with Crippen molar-refractivity contribution in [2.75, 3.05) is 13.7 Å². The molecular formula is C12H16O4. The van der Waals surface area contributed by atoms with Gasteiger partial charge in [0, 0.05) is 0 Å². The van der Waals surface area contributed by atoms with E-state index in [2.05, 4.69) is 0 Å². The first-order valence-corrected chi connectivity index (χ1v) is 5.08. The standard InChI is InChI=1S/C12H16O4/c1-9(2)16-12(13)8-15-11-6-4-10(14-3)5-7-11/h4-7,9H,8H2,1-3H3. The second kappa shape index (κ2) is 6.00. The van der Waals surface area contributed by atoms with Crippen LogP contribution in [0.4, 0.5) is 0 Å². The Morgan fingerprint density at radius 3 is 2.25 bits per heavy atom. The zero-order valence-corrected chi connectivity index (χ0v) is 9.73. The molecule has 4 heteroatoms. The Hall–Kier alpha value is -1.71. The van der Waals surface area contributed by atoms with Crippen LogP contribution in [0.5, 0.6) is 11.5 Å². The van der Waals surface area contributed by atoms with Crippen LogP contribution in [-0.2, 0) is 9.53 Å². The van der Waals surface area contributed by atoms with Gasteiger partial charge in [0.15, 0.2) is 6.61 Å². The molecule has 0 aliphatic rings. The lowest BCUT2D eigenvalue weighted by molar-refractivity contribution is -0.149. The predicted octanol–water partition coefficient (Wildman–Crippen LogP) is 2.03. The molecule has 1 rings (SSSR count). The summed E-state index contributed by atoms with van der Waals surface area (Å²) in [6, 6.07) is 7.01. The van der Waals surface area contributed by atoms with Crippen LogP contribution in [0.2, 0.25) is 0 Å². The normalized spacial score (nSPS) is 10.0. The molecule has 0 radical (unpaired) electrons. The highest BCUT2D eigenvalue weighted by Crippen LogP contribution is 2.16. The maximum Gasteiger partial charge on any atom is 0.344 e. The van der Waals surface area contributed by atoms with Crippen molar-refractivity contribution in [3.8, 4) is 11.5 Å². The molecule has 0 amide bonds. The smallest absolute Gasteiger partial charge is 0.344 e. The quantitative estimate of drug-likeness (QED) is 0.718. The number of carbonyl (C=O) groups is 1. The lowest BCUT2D eigenvalue weighted by atomic mass is 10.3. The van der Waals surface area contributed by atoms with E-state index in [1.165, 1.54) is 0 Å². The summed E-state index contributed by atoms with van der Waals surface area (Å²) in [5.74, 6) is 0.990. The number of ether oxygens (including phenoxy) is 3. The molecular weight excluding hydrogens is 208 g/mol. The van der Waals surface area contributed by atoms with Gasteiger partial charge < -0.3 is 14.2 Å². The molecule has 0 aliphatic heterocycles. The van der Waals surface area contributed by atoms with E-state index in [0.29, 0.717) is 5.75 Å². The molecule has 0 bridgehead atoms. The van der Waals surface area contributed by atoms with Gasteiger partial charge in [0.2, 0.25) is 0 Å². The van der Waals surface area contributed by atoms with Crippen molar-refractivity contribution >= 4 is 5.97 Å². The number of benzene rings is 1. The van der Waals surface area contributed by atoms with Gasteiger partial charge in [-0.3, -0.25) is 0 Å². The number of hydrogen-bond acceptors (Lipinski definition) is 4. The van der Waals surface area contributed by atoms with Crippen molar-refractivity contribution in [3.63, 3.8) is 0 Å². The van der Waals surface area contributed by atoms with E-state index in [1.54, 1.807) is 45.2 Å². The number of esters is 1. The third-order valence-corrected chi connectivity index (χ3v) is 1.78. The van der Waals surface area contributed by atoms with E-state index in [4.69, 9.17) is 14.2 Å². The van der Waals surface area contributed by atoms with Crippen molar-refractivity contribution < 1.29 is 19.0 Å². The van der Waals surface area contributed by atoms with E-state index in [0.717, 1.165) is 5.75 Å².